The lowest BCUT2D eigenvalue weighted by atomic mass is 10.1. The zero-order valence-corrected chi connectivity index (χ0v) is 11.1. The topological polar surface area (TPSA) is 115 Å². The number of nitrogens with two attached hydrogens (primary N) is 1. The summed E-state index contributed by atoms with van der Waals surface area (Å²) in [6.45, 7) is 4.92. The van der Waals surface area contributed by atoms with Gasteiger partial charge in [-0.25, -0.2) is 13.1 Å². The maximum atomic E-state index is 12.1. The van der Waals surface area contributed by atoms with Gasteiger partial charge in [-0.05, 0) is 32.9 Å². The minimum absolute atomic E-state index is 0.148. The molecular weight excluding hydrogens is 258 g/mol. The van der Waals surface area contributed by atoms with Crippen molar-refractivity contribution >= 4 is 21.4 Å². The molecule has 0 aliphatic heterocycles. The molecule has 0 fully saturated rings. The standard InChI is InChI=1S/C10H15N3O4S/c1-10(2,3)12-18(16,17)9-6-7(11)4-5-8(9)13(14)15/h4-6,12H,11H2,1-3H3. The zero-order valence-electron chi connectivity index (χ0n) is 10.3. The minimum atomic E-state index is -3.99. The highest BCUT2D eigenvalue weighted by atomic mass is 32.2. The van der Waals surface area contributed by atoms with Crippen molar-refractivity contribution < 1.29 is 13.3 Å². The Morgan fingerprint density at radius 1 is 1.33 bits per heavy atom. The van der Waals surface area contributed by atoms with Crippen molar-refractivity contribution in [2.75, 3.05) is 5.73 Å². The van der Waals surface area contributed by atoms with Gasteiger partial charge in [0.2, 0.25) is 10.0 Å². The number of nitro benzene ring substituents is 1. The zero-order chi connectivity index (χ0) is 14.1. The summed E-state index contributed by atoms with van der Waals surface area (Å²) in [5, 5.41) is 10.8. The van der Waals surface area contributed by atoms with Crippen molar-refractivity contribution in [3.63, 3.8) is 0 Å². The van der Waals surface area contributed by atoms with E-state index in [0.29, 0.717) is 0 Å². The summed E-state index contributed by atoms with van der Waals surface area (Å²) < 4.78 is 26.5. The van der Waals surface area contributed by atoms with Crippen LogP contribution in [0.5, 0.6) is 0 Å². The fourth-order valence-corrected chi connectivity index (χ4v) is 2.98. The maximum Gasteiger partial charge on any atom is 0.289 e. The highest BCUT2D eigenvalue weighted by Crippen LogP contribution is 2.26. The predicted octanol–water partition coefficient (Wildman–Crippen LogP) is 1.25. The van der Waals surface area contributed by atoms with Crippen molar-refractivity contribution in [3.05, 3.63) is 28.3 Å². The van der Waals surface area contributed by atoms with Crippen LogP contribution in [0.4, 0.5) is 11.4 Å². The summed E-state index contributed by atoms with van der Waals surface area (Å²) >= 11 is 0. The van der Waals surface area contributed by atoms with Crippen molar-refractivity contribution in [2.24, 2.45) is 0 Å². The van der Waals surface area contributed by atoms with Crippen LogP contribution >= 0.6 is 0 Å². The van der Waals surface area contributed by atoms with Gasteiger partial charge in [0, 0.05) is 17.3 Å². The highest BCUT2D eigenvalue weighted by molar-refractivity contribution is 7.89. The Labute approximate surface area is 105 Å². The molecule has 7 nitrogen and oxygen atoms in total. The molecule has 0 aliphatic rings. The number of nitro groups is 1. The molecular formula is C10H15N3O4S. The van der Waals surface area contributed by atoms with Crippen LogP contribution in [-0.4, -0.2) is 18.9 Å². The molecule has 0 unspecified atom stereocenters. The third-order valence-corrected chi connectivity index (χ3v) is 3.70. The molecule has 0 saturated carbocycles. The Morgan fingerprint density at radius 2 is 1.89 bits per heavy atom. The second-order valence-corrected chi connectivity index (χ2v) is 6.49. The molecule has 0 amide bonds. The molecule has 1 aromatic rings. The molecule has 0 bridgehead atoms. The normalized spacial score (nSPS) is 12.4. The van der Waals surface area contributed by atoms with Gasteiger partial charge in [-0.1, -0.05) is 0 Å². The van der Waals surface area contributed by atoms with Crippen LogP contribution in [0.25, 0.3) is 0 Å². The van der Waals surface area contributed by atoms with Gasteiger partial charge in [0.1, 0.15) is 0 Å². The first-order chi connectivity index (χ1) is 8.03. The third kappa shape index (κ3) is 3.41. The number of hydrogen-bond acceptors (Lipinski definition) is 5. The smallest absolute Gasteiger partial charge is 0.289 e. The van der Waals surface area contributed by atoms with E-state index in [4.69, 9.17) is 5.73 Å². The maximum absolute atomic E-state index is 12.1. The molecule has 1 aromatic carbocycles. The lowest BCUT2D eigenvalue weighted by Crippen LogP contribution is -2.40. The first kappa shape index (κ1) is 14.4. The summed E-state index contributed by atoms with van der Waals surface area (Å²) in [5.74, 6) is 0. The number of sulfonamides is 1. The quantitative estimate of drug-likeness (QED) is 0.488. The first-order valence-corrected chi connectivity index (χ1v) is 6.59. The Morgan fingerprint density at radius 3 is 2.33 bits per heavy atom. The summed E-state index contributed by atoms with van der Waals surface area (Å²) in [6, 6.07) is 3.44. The Balaban J connectivity index is 3.40. The molecule has 0 saturated heterocycles. The number of benzene rings is 1. The molecule has 0 spiro atoms. The van der Waals surface area contributed by atoms with Crippen molar-refractivity contribution in [1.82, 2.24) is 4.72 Å². The molecule has 3 N–H and O–H groups in total. The molecule has 0 aromatic heterocycles. The number of nitrogens with one attached hydrogen (secondary N) is 1. The number of nitrogens with zero attached hydrogens (tertiary/aromatic N) is 1. The van der Waals surface area contributed by atoms with Crippen molar-refractivity contribution in [2.45, 2.75) is 31.2 Å². The predicted molar refractivity (Wildman–Crippen MR) is 67.6 cm³/mol. The Bertz CT molecular complexity index is 575. The molecule has 18 heavy (non-hydrogen) atoms. The molecule has 0 aliphatic carbocycles. The van der Waals surface area contributed by atoms with E-state index in [1.165, 1.54) is 6.07 Å². The molecule has 100 valence electrons. The second-order valence-electron chi connectivity index (χ2n) is 4.84. The van der Waals surface area contributed by atoms with E-state index >= 15 is 0 Å². The van der Waals surface area contributed by atoms with Gasteiger partial charge in [-0.15, -0.1) is 0 Å². The summed E-state index contributed by atoms with van der Waals surface area (Å²) in [6.07, 6.45) is 0. The van der Waals surface area contributed by atoms with Gasteiger partial charge in [0.15, 0.2) is 4.90 Å². The van der Waals surface area contributed by atoms with Gasteiger partial charge in [0.05, 0.1) is 4.92 Å². The van der Waals surface area contributed by atoms with E-state index < -0.39 is 31.1 Å². The number of hydrogen-bond donors (Lipinski definition) is 2. The summed E-state index contributed by atoms with van der Waals surface area (Å²) in [5.41, 5.74) is 4.38. The van der Waals surface area contributed by atoms with Gasteiger partial charge >= 0.3 is 0 Å². The Hall–Kier alpha value is -1.67. The van der Waals surface area contributed by atoms with E-state index in [2.05, 4.69) is 4.72 Å². The van der Waals surface area contributed by atoms with Crippen molar-refractivity contribution in [1.29, 1.82) is 0 Å². The monoisotopic (exact) mass is 273 g/mol. The average Bonchev–Trinajstić information content (AvgIpc) is 2.13. The molecule has 0 atom stereocenters. The van der Waals surface area contributed by atoms with E-state index in [1.54, 1.807) is 20.8 Å². The molecule has 8 heteroatoms. The molecule has 1 rings (SSSR count). The third-order valence-electron chi connectivity index (χ3n) is 1.91. The largest absolute Gasteiger partial charge is 0.399 e. The van der Waals surface area contributed by atoms with Crippen LogP contribution in [0, 0.1) is 10.1 Å². The van der Waals surface area contributed by atoms with Crippen molar-refractivity contribution in [3.8, 4) is 0 Å². The van der Waals surface area contributed by atoms with E-state index in [1.807, 2.05) is 0 Å². The fourth-order valence-electron chi connectivity index (χ4n) is 1.35. The Kier molecular flexibility index (Phi) is 3.63. The summed E-state index contributed by atoms with van der Waals surface area (Å²) in [4.78, 5) is 9.64. The number of nitrogen functional groups attached to an aromatic ring is 1. The SMILES string of the molecule is CC(C)(C)NS(=O)(=O)c1cc(N)ccc1[N+](=O)[O-]. The minimum Gasteiger partial charge on any atom is -0.399 e. The highest BCUT2D eigenvalue weighted by Gasteiger charge is 2.29. The number of anilines is 1. The fraction of sp³-hybridized carbons (Fsp3) is 0.400. The van der Waals surface area contributed by atoms with Gasteiger partial charge in [0.25, 0.3) is 5.69 Å². The van der Waals surface area contributed by atoms with Gasteiger partial charge < -0.3 is 5.73 Å². The van der Waals surface area contributed by atoms with E-state index in [9.17, 15) is 18.5 Å². The van der Waals surface area contributed by atoms with Crippen LogP contribution < -0.4 is 10.5 Å². The van der Waals surface area contributed by atoms with Crippen LogP contribution in [-0.2, 0) is 10.0 Å². The van der Waals surface area contributed by atoms with Gasteiger partial charge in [-0.2, -0.15) is 0 Å². The second kappa shape index (κ2) is 4.54. The number of rotatable bonds is 3. The van der Waals surface area contributed by atoms with Gasteiger partial charge in [-0.3, -0.25) is 10.1 Å². The summed E-state index contributed by atoms with van der Waals surface area (Å²) in [7, 11) is -3.99. The lowest BCUT2D eigenvalue weighted by molar-refractivity contribution is -0.387. The van der Waals surface area contributed by atoms with Crippen LogP contribution in [0.15, 0.2) is 23.1 Å². The molecule has 0 radical (unpaired) electrons. The lowest BCUT2D eigenvalue weighted by Gasteiger charge is -2.20. The average molecular weight is 273 g/mol. The van der Waals surface area contributed by atoms with Crippen LogP contribution in [0.1, 0.15) is 20.8 Å². The van der Waals surface area contributed by atoms with Crippen LogP contribution in [0.2, 0.25) is 0 Å². The van der Waals surface area contributed by atoms with E-state index in [-0.39, 0.29) is 5.69 Å². The van der Waals surface area contributed by atoms with Crippen LogP contribution in [0.3, 0.4) is 0 Å². The first-order valence-electron chi connectivity index (χ1n) is 5.11. The molecule has 0 heterocycles. The van der Waals surface area contributed by atoms with E-state index in [0.717, 1.165) is 12.1 Å².